The van der Waals surface area contributed by atoms with Crippen LogP contribution in [-0.2, 0) is 11.4 Å². The Kier molecular flexibility index (Phi) is 6.34. The van der Waals surface area contributed by atoms with Crippen molar-refractivity contribution in [3.8, 4) is 11.5 Å². The van der Waals surface area contributed by atoms with Crippen LogP contribution in [0.1, 0.15) is 11.1 Å². The van der Waals surface area contributed by atoms with E-state index in [0.717, 1.165) is 16.8 Å². The third kappa shape index (κ3) is 4.78. The summed E-state index contributed by atoms with van der Waals surface area (Å²) >= 11 is 6.67. The topological polar surface area (TPSA) is 38.8 Å². The monoisotopic (exact) mass is 451 g/mol. The van der Waals surface area contributed by atoms with Crippen LogP contribution < -0.4 is 14.4 Å². The summed E-state index contributed by atoms with van der Waals surface area (Å²) in [6, 6.07) is 20.9. The second-order valence-corrected chi connectivity index (χ2v) is 8.35. The molecule has 0 unspecified atom stereocenters. The van der Waals surface area contributed by atoms with E-state index in [1.807, 2.05) is 36.4 Å². The molecule has 0 spiro atoms. The fraction of sp³-hybridized carbons (Fsp3) is 0.0833. The number of benzene rings is 3. The number of para-hydroxylation sites is 1. The van der Waals surface area contributed by atoms with Gasteiger partial charge in [0.1, 0.15) is 12.4 Å². The van der Waals surface area contributed by atoms with E-state index in [4.69, 9.17) is 21.7 Å². The van der Waals surface area contributed by atoms with Crippen LogP contribution in [0.25, 0.3) is 6.08 Å². The van der Waals surface area contributed by atoms with Crippen molar-refractivity contribution >= 4 is 46.0 Å². The van der Waals surface area contributed by atoms with Gasteiger partial charge in [-0.15, -0.1) is 0 Å². The maximum Gasteiger partial charge on any atom is 0.270 e. The van der Waals surface area contributed by atoms with Gasteiger partial charge in [0.05, 0.1) is 17.7 Å². The Bertz CT molecular complexity index is 1150. The molecule has 156 valence electrons. The standard InChI is InChI=1S/C24H18FNO3S2/c1-28-21-13-17(9-12-20(21)29-15-16-7-10-18(25)11-8-16)14-22-23(27)26(24(30)31-22)19-5-3-2-4-6-19/h2-14H,15H2,1H3/b22-14+. The fourth-order valence-electron chi connectivity index (χ4n) is 3.05. The molecule has 7 heteroatoms. The van der Waals surface area contributed by atoms with Gasteiger partial charge in [0.15, 0.2) is 15.8 Å². The molecule has 0 N–H and O–H groups in total. The smallest absolute Gasteiger partial charge is 0.270 e. The second-order valence-electron chi connectivity index (χ2n) is 6.68. The number of rotatable bonds is 6. The van der Waals surface area contributed by atoms with Gasteiger partial charge in [-0.3, -0.25) is 9.69 Å². The van der Waals surface area contributed by atoms with Gasteiger partial charge in [-0.2, -0.15) is 0 Å². The lowest BCUT2D eigenvalue weighted by Gasteiger charge is -2.14. The summed E-state index contributed by atoms with van der Waals surface area (Å²) in [5, 5.41) is 0. The molecular formula is C24H18FNO3S2. The average molecular weight is 452 g/mol. The normalized spacial score (nSPS) is 14.9. The molecule has 0 atom stereocenters. The van der Waals surface area contributed by atoms with Crippen molar-refractivity contribution in [2.24, 2.45) is 0 Å². The number of methoxy groups -OCH3 is 1. The number of ether oxygens (including phenoxy) is 2. The Labute approximate surface area is 189 Å². The Hall–Kier alpha value is -3.16. The van der Waals surface area contributed by atoms with Crippen molar-refractivity contribution in [2.75, 3.05) is 12.0 Å². The molecule has 1 saturated heterocycles. The molecule has 0 saturated carbocycles. The van der Waals surface area contributed by atoms with E-state index in [1.54, 1.807) is 37.5 Å². The Morgan fingerprint density at radius 1 is 1.03 bits per heavy atom. The molecule has 1 heterocycles. The molecule has 4 nitrogen and oxygen atoms in total. The van der Waals surface area contributed by atoms with Gasteiger partial charge in [-0.1, -0.05) is 60.4 Å². The maximum atomic E-state index is 13.0. The van der Waals surface area contributed by atoms with Crippen LogP contribution in [0.4, 0.5) is 10.1 Å². The zero-order valence-corrected chi connectivity index (χ0v) is 18.2. The van der Waals surface area contributed by atoms with Crippen molar-refractivity contribution in [3.05, 3.63) is 94.6 Å². The number of carbonyl (C=O) groups is 1. The number of hydrogen-bond donors (Lipinski definition) is 0. The van der Waals surface area contributed by atoms with Crippen LogP contribution in [0.15, 0.2) is 77.7 Å². The van der Waals surface area contributed by atoms with E-state index in [9.17, 15) is 9.18 Å². The number of thiocarbonyl (C=S) groups is 1. The summed E-state index contributed by atoms with van der Waals surface area (Å²) in [5.74, 6) is 0.648. The minimum absolute atomic E-state index is 0.156. The molecule has 0 aliphatic carbocycles. The van der Waals surface area contributed by atoms with Crippen LogP contribution in [0.5, 0.6) is 11.5 Å². The van der Waals surface area contributed by atoms with E-state index in [1.165, 1.54) is 28.8 Å². The molecule has 0 bridgehead atoms. The third-order valence-electron chi connectivity index (χ3n) is 4.60. The maximum absolute atomic E-state index is 13.0. The zero-order chi connectivity index (χ0) is 21.8. The van der Waals surface area contributed by atoms with Gasteiger partial charge < -0.3 is 9.47 Å². The van der Waals surface area contributed by atoms with Crippen molar-refractivity contribution in [1.29, 1.82) is 0 Å². The lowest BCUT2D eigenvalue weighted by molar-refractivity contribution is -0.113. The predicted octanol–water partition coefficient (Wildman–Crippen LogP) is 5.82. The molecule has 31 heavy (non-hydrogen) atoms. The highest BCUT2D eigenvalue weighted by molar-refractivity contribution is 8.27. The fourth-order valence-corrected chi connectivity index (χ4v) is 4.35. The van der Waals surface area contributed by atoms with Gasteiger partial charge in [-0.05, 0) is 53.6 Å². The van der Waals surface area contributed by atoms with Crippen LogP contribution in [-0.4, -0.2) is 17.3 Å². The number of anilines is 1. The van der Waals surface area contributed by atoms with Crippen LogP contribution in [0.2, 0.25) is 0 Å². The quantitative estimate of drug-likeness (QED) is 0.349. The SMILES string of the molecule is COc1cc(/C=C2/SC(=S)N(c3ccccc3)C2=O)ccc1OCc1ccc(F)cc1. The molecule has 3 aromatic carbocycles. The Balaban J connectivity index is 1.52. The van der Waals surface area contributed by atoms with Gasteiger partial charge in [0.2, 0.25) is 0 Å². The molecular weight excluding hydrogens is 433 g/mol. The third-order valence-corrected chi connectivity index (χ3v) is 5.90. The Morgan fingerprint density at radius 2 is 1.77 bits per heavy atom. The summed E-state index contributed by atoms with van der Waals surface area (Å²) in [5.41, 5.74) is 2.38. The summed E-state index contributed by atoms with van der Waals surface area (Å²) < 4.78 is 24.8. The van der Waals surface area contributed by atoms with Gasteiger partial charge in [0.25, 0.3) is 5.91 Å². The van der Waals surface area contributed by atoms with Crippen molar-refractivity contribution in [3.63, 3.8) is 0 Å². The Morgan fingerprint density at radius 3 is 2.48 bits per heavy atom. The van der Waals surface area contributed by atoms with Crippen LogP contribution in [0, 0.1) is 5.82 Å². The second kappa shape index (κ2) is 9.32. The molecule has 1 fully saturated rings. The predicted molar refractivity (Wildman–Crippen MR) is 126 cm³/mol. The highest BCUT2D eigenvalue weighted by Crippen LogP contribution is 2.37. The summed E-state index contributed by atoms with van der Waals surface area (Å²) in [7, 11) is 1.55. The number of carbonyl (C=O) groups excluding carboxylic acids is 1. The highest BCUT2D eigenvalue weighted by Gasteiger charge is 2.33. The average Bonchev–Trinajstić information content (AvgIpc) is 3.07. The van der Waals surface area contributed by atoms with Gasteiger partial charge in [0, 0.05) is 0 Å². The zero-order valence-electron chi connectivity index (χ0n) is 16.6. The van der Waals surface area contributed by atoms with Gasteiger partial charge in [-0.25, -0.2) is 4.39 Å². The largest absolute Gasteiger partial charge is 0.493 e. The number of amides is 1. The number of halogens is 1. The summed E-state index contributed by atoms with van der Waals surface area (Å²) in [6.07, 6.45) is 1.79. The number of hydrogen-bond acceptors (Lipinski definition) is 5. The van der Waals surface area contributed by atoms with E-state index >= 15 is 0 Å². The number of nitrogens with zero attached hydrogens (tertiary/aromatic N) is 1. The minimum atomic E-state index is -0.289. The molecule has 3 aromatic rings. The molecule has 0 aromatic heterocycles. The van der Waals surface area contributed by atoms with E-state index in [-0.39, 0.29) is 18.3 Å². The summed E-state index contributed by atoms with van der Waals surface area (Å²) in [6.45, 7) is 0.283. The van der Waals surface area contributed by atoms with E-state index in [0.29, 0.717) is 20.7 Å². The first-order valence-electron chi connectivity index (χ1n) is 9.43. The van der Waals surface area contributed by atoms with E-state index < -0.39 is 0 Å². The van der Waals surface area contributed by atoms with E-state index in [2.05, 4.69) is 0 Å². The van der Waals surface area contributed by atoms with Crippen molar-refractivity contribution in [1.82, 2.24) is 0 Å². The first kappa shape index (κ1) is 21.1. The summed E-state index contributed by atoms with van der Waals surface area (Å²) in [4.78, 5) is 15.0. The molecule has 1 aliphatic heterocycles. The molecule has 1 aliphatic rings. The molecule has 4 rings (SSSR count). The molecule has 0 radical (unpaired) electrons. The van der Waals surface area contributed by atoms with Crippen LogP contribution in [0.3, 0.4) is 0 Å². The first-order valence-corrected chi connectivity index (χ1v) is 10.7. The van der Waals surface area contributed by atoms with Crippen molar-refractivity contribution < 1.29 is 18.7 Å². The number of thioether (sulfide) groups is 1. The highest BCUT2D eigenvalue weighted by atomic mass is 32.2. The first-order chi connectivity index (χ1) is 15.0. The molecule has 1 amide bonds. The van der Waals surface area contributed by atoms with Crippen LogP contribution >= 0.6 is 24.0 Å². The van der Waals surface area contributed by atoms with Gasteiger partial charge >= 0.3 is 0 Å². The van der Waals surface area contributed by atoms with Crippen molar-refractivity contribution in [2.45, 2.75) is 6.61 Å². The lowest BCUT2D eigenvalue weighted by Crippen LogP contribution is -2.27. The minimum Gasteiger partial charge on any atom is -0.493 e. The lowest BCUT2D eigenvalue weighted by atomic mass is 10.1.